The van der Waals surface area contributed by atoms with Gasteiger partial charge in [-0.25, -0.2) is 0 Å². The van der Waals surface area contributed by atoms with Gasteiger partial charge in [0.1, 0.15) is 5.69 Å². The molecule has 0 bridgehead atoms. The molecule has 2 aliphatic heterocycles. The molecule has 1 fully saturated rings. The summed E-state index contributed by atoms with van der Waals surface area (Å²) in [5, 5.41) is 7.31. The number of aromatic amines is 1. The monoisotopic (exact) mass is 488 g/mol. The number of aromatic nitrogens is 4. The number of nitrogens with one attached hydrogen (secondary N) is 1. The number of amides is 1. The van der Waals surface area contributed by atoms with Gasteiger partial charge in [0, 0.05) is 61.9 Å². The summed E-state index contributed by atoms with van der Waals surface area (Å²) in [5.41, 5.74) is 5.11. The largest absolute Gasteiger partial charge is 0.332 e. The topological polar surface area (TPSA) is 87.1 Å². The van der Waals surface area contributed by atoms with Gasteiger partial charge in [0.2, 0.25) is 0 Å². The molecule has 36 heavy (non-hydrogen) atoms. The van der Waals surface area contributed by atoms with E-state index in [1.807, 2.05) is 33.7 Å². The van der Waals surface area contributed by atoms with Crippen molar-refractivity contribution < 1.29 is 4.79 Å². The van der Waals surface area contributed by atoms with Crippen LogP contribution < -0.4 is 5.56 Å². The Morgan fingerprint density at radius 3 is 2.58 bits per heavy atom. The number of fused-ring (bicyclic) bond motifs is 1. The van der Waals surface area contributed by atoms with Gasteiger partial charge in [0.25, 0.3) is 11.5 Å². The van der Waals surface area contributed by atoms with Crippen LogP contribution in [0.4, 0.5) is 0 Å². The standard InChI is InChI=1S/C28H36N6O2/c1-20(2)16-23-18-25(31-30-23)28(36)33-13-8-26-22(19-33)17-24(21-6-9-29-10-7-21)27(35)34(26)15-14-32-11-4-3-5-12-32/h6-7,9-10,17-18,20H,3-5,8,11-16,19H2,1-2H3,(H,30,31). The normalized spacial score (nSPS) is 16.4. The van der Waals surface area contributed by atoms with E-state index in [0.717, 1.165) is 48.6 Å². The Morgan fingerprint density at radius 2 is 1.83 bits per heavy atom. The summed E-state index contributed by atoms with van der Waals surface area (Å²) in [6.45, 7) is 9.10. The van der Waals surface area contributed by atoms with E-state index in [-0.39, 0.29) is 11.5 Å². The van der Waals surface area contributed by atoms with E-state index in [9.17, 15) is 9.59 Å². The van der Waals surface area contributed by atoms with Gasteiger partial charge in [-0.3, -0.25) is 19.7 Å². The predicted molar refractivity (Wildman–Crippen MR) is 140 cm³/mol. The predicted octanol–water partition coefficient (Wildman–Crippen LogP) is 3.52. The average Bonchev–Trinajstić information content (AvgIpc) is 3.36. The van der Waals surface area contributed by atoms with Gasteiger partial charge in [-0.15, -0.1) is 0 Å². The van der Waals surface area contributed by atoms with Crippen LogP contribution >= 0.6 is 0 Å². The van der Waals surface area contributed by atoms with Crippen LogP contribution in [0.3, 0.4) is 0 Å². The van der Waals surface area contributed by atoms with E-state index < -0.39 is 0 Å². The molecule has 8 heteroatoms. The maximum atomic E-state index is 13.7. The first-order chi connectivity index (χ1) is 17.5. The van der Waals surface area contributed by atoms with Crippen molar-refractivity contribution in [2.24, 2.45) is 5.92 Å². The molecule has 0 aromatic carbocycles. The number of hydrogen-bond acceptors (Lipinski definition) is 5. The Morgan fingerprint density at radius 1 is 1.06 bits per heavy atom. The third-order valence-corrected chi connectivity index (χ3v) is 7.32. The lowest BCUT2D eigenvalue weighted by Gasteiger charge is -2.32. The zero-order valence-electron chi connectivity index (χ0n) is 21.4. The highest BCUT2D eigenvalue weighted by Gasteiger charge is 2.27. The summed E-state index contributed by atoms with van der Waals surface area (Å²) in [6, 6.07) is 7.62. The molecule has 2 aliphatic rings. The Bertz CT molecular complexity index is 1260. The van der Waals surface area contributed by atoms with Crippen LogP contribution in [0.1, 0.15) is 60.5 Å². The molecule has 3 aromatic rings. The highest BCUT2D eigenvalue weighted by molar-refractivity contribution is 5.92. The molecule has 8 nitrogen and oxygen atoms in total. The molecule has 190 valence electrons. The molecule has 5 heterocycles. The highest BCUT2D eigenvalue weighted by atomic mass is 16.2. The van der Waals surface area contributed by atoms with Gasteiger partial charge in [0.15, 0.2) is 0 Å². The molecular weight excluding hydrogens is 452 g/mol. The number of pyridine rings is 2. The van der Waals surface area contributed by atoms with Crippen molar-refractivity contribution in [3.63, 3.8) is 0 Å². The highest BCUT2D eigenvalue weighted by Crippen LogP contribution is 2.25. The van der Waals surface area contributed by atoms with E-state index >= 15 is 0 Å². The Kier molecular flexibility index (Phi) is 7.32. The number of carbonyl (C=O) groups excluding carboxylic acids is 1. The van der Waals surface area contributed by atoms with Gasteiger partial charge < -0.3 is 14.4 Å². The van der Waals surface area contributed by atoms with Crippen LogP contribution in [0, 0.1) is 5.92 Å². The maximum absolute atomic E-state index is 13.7. The molecular formula is C28H36N6O2. The summed E-state index contributed by atoms with van der Waals surface area (Å²) >= 11 is 0. The number of H-pyrrole nitrogens is 1. The molecule has 1 amide bonds. The Labute approximate surface area is 212 Å². The van der Waals surface area contributed by atoms with Crippen molar-refractivity contribution in [3.05, 3.63) is 69.7 Å². The second-order valence-corrected chi connectivity index (χ2v) is 10.5. The van der Waals surface area contributed by atoms with Crippen LogP contribution in [0.2, 0.25) is 0 Å². The molecule has 0 aliphatic carbocycles. The summed E-state index contributed by atoms with van der Waals surface area (Å²) in [7, 11) is 0. The lowest BCUT2D eigenvalue weighted by molar-refractivity contribution is 0.0725. The molecule has 0 atom stereocenters. The van der Waals surface area contributed by atoms with E-state index in [4.69, 9.17) is 0 Å². The number of likely N-dealkylation sites (tertiary alicyclic amines) is 1. The fourth-order valence-electron chi connectivity index (χ4n) is 5.47. The quantitative estimate of drug-likeness (QED) is 0.550. The minimum Gasteiger partial charge on any atom is -0.332 e. The summed E-state index contributed by atoms with van der Waals surface area (Å²) in [4.78, 5) is 35.4. The van der Waals surface area contributed by atoms with Crippen LogP contribution in [-0.4, -0.2) is 61.6 Å². The van der Waals surface area contributed by atoms with Crippen LogP contribution in [0.25, 0.3) is 11.1 Å². The van der Waals surface area contributed by atoms with Gasteiger partial charge >= 0.3 is 0 Å². The molecule has 5 rings (SSSR count). The lowest BCUT2D eigenvalue weighted by atomic mass is 9.99. The number of piperidine rings is 1. The second kappa shape index (κ2) is 10.8. The maximum Gasteiger partial charge on any atom is 0.274 e. The number of nitrogens with zero attached hydrogens (tertiary/aromatic N) is 5. The van der Waals surface area contributed by atoms with Crippen LogP contribution in [-0.2, 0) is 25.9 Å². The molecule has 0 radical (unpaired) electrons. The van der Waals surface area contributed by atoms with E-state index in [2.05, 4.69) is 33.9 Å². The second-order valence-electron chi connectivity index (χ2n) is 10.5. The number of carbonyl (C=O) groups is 1. The van der Waals surface area contributed by atoms with Crippen molar-refractivity contribution in [2.75, 3.05) is 26.2 Å². The van der Waals surface area contributed by atoms with Crippen LogP contribution in [0.5, 0.6) is 0 Å². The fourth-order valence-corrected chi connectivity index (χ4v) is 5.47. The minimum atomic E-state index is -0.0663. The zero-order chi connectivity index (χ0) is 25.1. The Hall–Kier alpha value is -3.26. The first-order valence-electron chi connectivity index (χ1n) is 13.2. The molecule has 0 saturated carbocycles. The van der Waals surface area contributed by atoms with Crippen molar-refractivity contribution in [1.29, 1.82) is 0 Å². The SMILES string of the molecule is CC(C)Cc1cc(C(=O)N2CCc3c(cc(-c4ccncc4)c(=O)n3CCN3CCCCC3)C2)n[nH]1. The van der Waals surface area contributed by atoms with Crippen molar-refractivity contribution in [3.8, 4) is 11.1 Å². The molecule has 0 unspecified atom stereocenters. The first-order valence-corrected chi connectivity index (χ1v) is 13.2. The summed E-state index contributed by atoms with van der Waals surface area (Å²) < 4.78 is 1.97. The third-order valence-electron chi connectivity index (χ3n) is 7.32. The van der Waals surface area contributed by atoms with Crippen molar-refractivity contribution >= 4 is 5.91 Å². The van der Waals surface area contributed by atoms with Crippen LogP contribution in [0.15, 0.2) is 41.5 Å². The zero-order valence-corrected chi connectivity index (χ0v) is 21.4. The summed E-state index contributed by atoms with van der Waals surface area (Å²) in [6.07, 6.45) is 8.71. The van der Waals surface area contributed by atoms with Crippen molar-refractivity contribution in [1.82, 2.24) is 29.5 Å². The Balaban J connectivity index is 1.43. The van der Waals surface area contributed by atoms with Gasteiger partial charge in [-0.1, -0.05) is 20.3 Å². The smallest absolute Gasteiger partial charge is 0.274 e. The number of rotatable bonds is 7. The van der Waals surface area contributed by atoms with Gasteiger partial charge in [0.05, 0.1) is 0 Å². The molecule has 1 N–H and O–H groups in total. The van der Waals surface area contributed by atoms with E-state index in [1.165, 1.54) is 19.3 Å². The van der Waals surface area contributed by atoms with Gasteiger partial charge in [-0.2, -0.15) is 5.10 Å². The van der Waals surface area contributed by atoms with E-state index in [1.54, 1.807) is 12.4 Å². The molecule has 1 saturated heterocycles. The lowest BCUT2D eigenvalue weighted by Crippen LogP contribution is -2.41. The fraction of sp³-hybridized carbons (Fsp3) is 0.500. The number of hydrogen-bond donors (Lipinski definition) is 1. The van der Waals surface area contributed by atoms with Gasteiger partial charge in [-0.05, 0) is 73.7 Å². The first kappa shape index (κ1) is 24.4. The van der Waals surface area contributed by atoms with E-state index in [0.29, 0.717) is 43.2 Å². The molecule has 3 aromatic heterocycles. The minimum absolute atomic E-state index is 0.0439. The average molecular weight is 489 g/mol. The van der Waals surface area contributed by atoms with Crippen molar-refractivity contribution in [2.45, 2.75) is 59.0 Å². The summed E-state index contributed by atoms with van der Waals surface area (Å²) in [5.74, 6) is 0.423. The molecule has 0 spiro atoms. The third kappa shape index (κ3) is 5.28.